The number of hydrogen-bond acceptors (Lipinski definition) is 1. The largest absolute Gasteiger partial charge is 0.261 e. The maximum atomic E-state index is 6.30. The lowest BCUT2D eigenvalue weighted by Crippen LogP contribution is -2.14. The topological polar surface area (TPSA) is 12.9 Å². The molecule has 2 heteroatoms. The minimum absolute atomic E-state index is 0.213. The molecule has 0 spiro atoms. The molecule has 0 amide bonds. The van der Waals surface area contributed by atoms with Crippen molar-refractivity contribution in [2.75, 3.05) is 0 Å². The maximum Gasteiger partial charge on any atom is 0.0418 e. The molecular formula is C12H18ClN. The number of rotatable bonds is 5. The van der Waals surface area contributed by atoms with Crippen LogP contribution in [0.3, 0.4) is 0 Å². The first-order valence-corrected chi connectivity index (χ1v) is 5.71. The smallest absolute Gasteiger partial charge is 0.0418 e. The SMILES string of the molecule is CCCC(C)C(Cl)Cc1ccccn1. The van der Waals surface area contributed by atoms with E-state index in [9.17, 15) is 0 Å². The van der Waals surface area contributed by atoms with Gasteiger partial charge in [0.05, 0.1) is 0 Å². The zero-order valence-corrected chi connectivity index (χ0v) is 9.67. The summed E-state index contributed by atoms with van der Waals surface area (Å²) in [4.78, 5) is 4.28. The number of aromatic nitrogens is 1. The Morgan fingerprint density at radius 2 is 2.21 bits per heavy atom. The maximum absolute atomic E-state index is 6.30. The predicted octanol–water partition coefficient (Wildman–Crippen LogP) is 3.67. The highest BCUT2D eigenvalue weighted by Gasteiger charge is 2.14. The first-order chi connectivity index (χ1) is 6.74. The van der Waals surface area contributed by atoms with Crippen LogP contribution in [0.5, 0.6) is 0 Å². The Hall–Kier alpha value is -0.560. The van der Waals surface area contributed by atoms with Gasteiger partial charge in [-0.1, -0.05) is 26.3 Å². The lowest BCUT2D eigenvalue weighted by Gasteiger charge is -2.16. The molecule has 0 aromatic carbocycles. The zero-order chi connectivity index (χ0) is 10.4. The molecule has 0 N–H and O–H groups in total. The summed E-state index contributed by atoms with van der Waals surface area (Å²) < 4.78 is 0. The van der Waals surface area contributed by atoms with Crippen molar-refractivity contribution in [3.63, 3.8) is 0 Å². The van der Waals surface area contributed by atoms with Crippen molar-refractivity contribution in [1.82, 2.24) is 4.98 Å². The molecule has 78 valence electrons. The van der Waals surface area contributed by atoms with Gasteiger partial charge in [-0.2, -0.15) is 0 Å². The Kier molecular flexibility index (Phi) is 4.95. The Bertz CT molecular complexity index is 248. The van der Waals surface area contributed by atoms with Crippen molar-refractivity contribution >= 4 is 11.6 Å². The standard InChI is InChI=1S/C12H18ClN/c1-3-6-10(2)12(13)9-11-7-4-5-8-14-11/h4-5,7-8,10,12H,3,6,9H2,1-2H3. The van der Waals surface area contributed by atoms with Gasteiger partial charge in [0.25, 0.3) is 0 Å². The molecule has 0 saturated carbocycles. The fraction of sp³-hybridized carbons (Fsp3) is 0.583. The van der Waals surface area contributed by atoms with Crippen LogP contribution >= 0.6 is 11.6 Å². The molecule has 1 rings (SSSR count). The molecule has 0 bridgehead atoms. The number of hydrogen-bond donors (Lipinski definition) is 0. The van der Waals surface area contributed by atoms with E-state index in [2.05, 4.69) is 18.8 Å². The molecule has 1 nitrogen and oxygen atoms in total. The van der Waals surface area contributed by atoms with Gasteiger partial charge in [0.15, 0.2) is 0 Å². The molecule has 1 aromatic rings. The molecule has 1 heterocycles. The highest BCUT2D eigenvalue weighted by molar-refractivity contribution is 6.20. The molecule has 0 fully saturated rings. The molecule has 2 unspecified atom stereocenters. The van der Waals surface area contributed by atoms with Gasteiger partial charge in [0.1, 0.15) is 0 Å². The number of halogens is 1. The van der Waals surface area contributed by atoms with Crippen LogP contribution in [0.15, 0.2) is 24.4 Å². The minimum atomic E-state index is 0.213. The Balaban J connectivity index is 2.44. The van der Waals surface area contributed by atoms with Gasteiger partial charge in [0.2, 0.25) is 0 Å². The van der Waals surface area contributed by atoms with Crippen molar-refractivity contribution in [2.24, 2.45) is 5.92 Å². The molecule has 2 atom stereocenters. The minimum Gasteiger partial charge on any atom is -0.261 e. The average molecular weight is 212 g/mol. The van der Waals surface area contributed by atoms with Crippen LogP contribution in [-0.4, -0.2) is 10.4 Å². The first kappa shape index (κ1) is 11.5. The van der Waals surface area contributed by atoms with Crippen LogP contribution in [0.2, 0.25) is 0 Å². The van der Waals surface area contributed by atoms with E-state index >= 15 is 0 Å². The van der Waals surface area contributed by atoms with Crippen LogP contribution in [-0.2, 0) is 6.42 Å². The molecule has 0 aliphatic rings. The van der Waals surface area contributed by atoms with Crippen molar-refractivity contribution in [3.8, 4) is 0 Å². The summed E-state index contributed by atoms with van der Waals surface area (Å²) in [6, 6.07) is 5.98. The van der Waals surface area contributed by atoms with E-state index in [1.54, 1.807) is 0 Å². The summed E-state index contributed by atoms with van der Waals surface area (Å²) in [6.07, 6.45) is 5.10. The van der Waals surface area contributed by atoms with Crippen LogP contribution < -0.4 is 0 Å². The van der Waals surface area contributed by atoms with Crippen molar-refractivity contribution < 1.29 is 0 Å². The molecule has 0 saturated heterocycles. The van der Waals surface area contributed by atoms with E-state index in [4.69, 9.17) is 11.6 Å². The quantitative estimate of drug-likeness (QED) is 0.678. The monoisotopic (exact) mass is 211 g/mol. The molecule has 14 heavy (non-hydrogen) atoms. The zero-order valence-electron chi connectivity index (χ0n) is 8.91. The molecule has 0 radical (unpaired) electrons. The number of nitrogens with zero attached hydrogens (tertiary/aromatic N) is 1. The van der Waals surface area contributed by atoms with E-state index in [0.717, 1.165) is 12.1 Å². The van der Waals surface area contributed by atoms with Gasteiger partial charge in [-0.05, 0) is 24.5 Å². The average Bonchev–Trinajstić information content (AvgIpc) is 2.19. The molecule has 0 aliphatic carbocycles. The summed E-state index contributed by atoms with van der Waals surface area (Å²) in [6.45, 7) is 4.41. The predicted molar refractivity (Wildman–Crippen MR) is 61.7 cm³/mol. The summed E-state index contributed by atoms with van der Waals surface area (Å²) in [5.74, 6) is 0.573. The summed E-state index contributed by atoms with van der Waals surface area (Å²) >= 11 is 6.30. The van der Waals surface area contributed by atoms with Gasteiger partial charge in [-0.15, -0.1) is 11.6 Å². The van der Waals surface area contributed by atoms with Gasteiger partial charge < -0.3 is 0 Å². The van der Waals surface area contributed by atoms with Gasteiger partial charge in [0, 0.05) is 23.7 Å². The molecule has 0 aliphatic heterocycles. The molecular weight excluding hydrogens is 194 g/mol. The normalized spacial score (nSPS) is 15.1. The van der Waals surface area contributed by atoms with Crippen LogP contribution in [0.1, 0.15) is 32.4 Å². The Morgan fingerprint density at radius 3 is 2.79 bits per heavy atom. The second-order valence-corrected chi connectivity index (χ2v) is 4.37. The second-order valence-electron chi connectivity index (χ2n) is 3.81. The van der Waals surface area contributed by atoms with Crippen LogP contribution in [0.4, 0.5) is 0 Å². The Labute approximate surface area is 91.5 Å². The third-order valence-electron chi connectivity index (χ3n) is 2.49. The third-order valence-corrected chi connectivity index (χ3v) is 3.08. The number of pyridine rings is 1. The molecule has 1 aromatic heterocycles. The van der Waals surface area contributed by atoms with E-state index in [1.165, 1.54) is 12.8 Å². The fourth-order valence-corrected chi connectivity index (χ4v) is 1.84. The third kappa shape index (κ3) is 3.67. The lowest BCUT2D eigenvalue weighted by atomic mass is 9.98. The van der Waals surface area contributed by atoms with Gasteiger partial charge >= 0.3 is 0 Å². The van der Waals surface area contributed by atoms with Crippen molar-refractivity contribution in [3.05, 3.63) is 30.1 Å². The second kappa shape index (κ2) is 6.02. The van der Waals surface area contributed by atoms with Crippen molar-refractivity contribution in [2.45, 2.75) is 38.5 Å². The van der Waals surface area contributed by atoms with Crippen molar-refractivity contribution in [1.29, 1.82) is 0 Å². The van der Waals surface area contributed by atoms with Crippen LogP contribution in [0, 0.1) is 5.92 Å². The summed E-state index contributed by atoms with van der Waals surface area (Å²) in [5, 5.41) is 0.213. The summed E-state index contributed by atoms with van der Waals surface area (Å²) in [5.41, 5.74) is 1.09. The fourth-order valence-electron chi connectivity index (χ4n) is 1.56. The van der Waals surface area contributed by atoms with E-state index in [0.29, 0.717) is 5.92 Å². The highest BCUT2D eigenvalue weighted by atomic mass is 35.5. The van der Waals surface area contributed by atoms with E-state index < -0.39 is 0 Å². The number of alkyl halides is 1. The highest BCUT2D eigenvalue weighted by Crippen LogP contribution is 2.19. The first-order valence-electron chi connectivity index (χ1n) is 5.28. The van der Waals surface area contributed by atoms with Gasteiger partial charge in [-0.3, -0.25) is 4.98 Å². The van der Waals surface area contributed by atoms with E-state index in [1.807, 2.05) is 24.4 Å². The van der Waals surface area contributed by atoms with Gasteiger partial charge in [-0.25, -0.2) is 0 Å². The van der Waals surface area contributed by atoms with E-state index in [-0.39, 0.29) is 5.38 Å². The van der Waals surface area contributed by atoms with Crippen LogP contribution in [0.25, 0.3) is 0 Å². The Morgan fingerprint density at radius 1 is 1.43 bits per heavy atom. The lowest BCUT2D eigenvalue weighted by molar-refractivity contribution is 0.491. The summed E-state index contributed by atoms with van der Waals surface area (Å²) in [7, 11) is 0.